The van der Waals surface area contributed by atoms with Crippen molar-refractivity contribution in [1.82, 2.24) is 0 Å². The lowest BCUT2D eigenvalue weighted by Crippen LogP contribution is -2.34. The number of halogens is 3. The predicted molar refractivity (Wildman–Crippen MR) is 119 cm³/mol. The molecular weight excluding hydrogens is 399 g/mol. The summed E-state index contributed by atoms with van der Waals surface area (Å²) in [7, 11) is 0. The molecular formula is C26H28F3NO. The fourth-order valence-electron chi connectivity index (χ4n) is 4.27. The van der Waals surface area contributed by atoms with Crippen molar-refractivity contribution in [3.63, 3.8) is 0 Å². The predicted octanol–water partition coefficient (Wildman–Crippen LogP) is 6.77. The highest BCUT2D eigenvalue weighted by Crippen LogP contribution is 2.38. The van der Waals surface area contributed by atoms with Crippen LogP contribution < -0.4 is 5.32 Å². The summed E-state index contributed by atoms with van der Waals surface area (Å²) in [5.41, 5.74) is 2.13. The summed E-state index contributed by atoms with van der Waals surface area (Å²) in [6.45, 7) is 5.26. The van der Waals surface area contributed by atoms with Crippen molar-refractivity contribution in [3.05, 3.63) is 100 Å². The third kappa shape index (κ3) is 5.67. The molecule has 0 aromatic heterocycles. The molecule has 5 heteroatoms. The third-order valence-corrected chi connectivity index (χ3v) is 5.46. The fourth-order valence-corrected chi connectivity index (χ4v) is 4.27. The van der Waals surface area contributed by atoms with E-state index >= 15 is 0 Å². The second-order valence-electron chi connectivity index (χ2n) is 8.18. The van der Waals surface area contributed by atoms with Crippen molar-refractivity contribution in [3.8, 4) is 0 Å². The smallest absolute Gasteiger partial charge is 0.367 e. The summed E-state index contributed by atoms with van der Waals surface area (Å²) in [6.07, 6.45) is -1.64. The molecule has 2 nitrogen and oxygen atoms in total. The van der Waals surface area contributed by atoms with E-state index in [1.165, 1.54) is 30.7 Å². The molecule has 3 rings (SSSR count). The number of aliphatic hydroxyl groups is 1. The maximum absolute atomic E-state index is 13.4. The van der Waals surface area contributed by atoms with Crippen LogP contribution in [0.3, 0.4) is 0 Å². The number of rotatable bonds is 7. The minimum absolute atomic E-state index is 0.147. The number of benzene rings is 3. The zero-order chi connectivity index (χ0) is 22.6. The topological polar surface area (TPSA) is 32.3 Å². The van der Waals surface area contributed by atoms with Crippen molar-refractivity contribution in [1.29, 1.82) is 0 Å². The molecule has 2 N–H and O–H groups in total. The monoisotopic (exact) mass is 427 g/mol. The minimum Gasteiger partial charge on any atom is -0.367 e. The number of hydrogen-bond donors (Lipinski definition) is 2. The Kier molecular flexibility index (Phi) is 6.75. The van der Waals surface area contributed by atoms with Gasteiger partial charge in [0.25, 0.3) is 0 Å². The van der Waals surface area contributed by atoms with Crippen LogP contribution in [-0.4, -0.2) is 5.11 Å². The molecule has 0 aliphatic rings. The molecule has 0 amide bonds. The molecule has 0 heterocycles. The first-order valence-electron chi connectivity index (χ1n) is 10.4. The van der Waals surface area contributed by atoms with Gasteiger partial charge in [0.15, 0.2) is 5.72 Å². The van der Waals surface area contributed by atoms with E-state index in [4.69, 9.17) is 0 Å². The highest BCUT2D eigenvalue weighted by molar-refractivity contribution is 5.56. The van der Waals surface area contributed by atoms with Crippen LogP contribution in [0.25, 0.3) is 0 Å². The van der Waals surface area contributed by atoms with Gasteiger partial charge in [-0.05, 0) is 74.4 Å². The van der Waals surface area contributed by atoms with Crippen molar-refractivity contribution >= 4 is 5.69 Å². The number of nitrogens with one attached hydrogen (secondary N) is 1. The van der Waals surface area contributed by atoms with Gasteiger partial charge in [0.05, 0.1) is 5.56 Å². The average molecular weight is 428 g/mol. The quantitative estimate of drug-likeness (QED) is 0.408. The van der Waals surface area contributed by atoms with Crippen LogP contribution in [0, 0.1) is 13.8 Å². The zero-order valence-corrected chi connectivity index (χ0v) is 18.1. The molecule has 0 spiro atoms. The molecule has 31 heavy (non-hydrogen) atoms. The summed E-state index contributed by atoms with van der Waals surface area (Å²) in [4.78, 5) is 0. The van der Waals surface area contributed by atoms with Gasteiger partial charge in [-0.3, -0.25) is 0 Å². The van der Waals surface area contributed by atoms with Crippen LogP contribution in [0.5, 0.6) is 0 Å². The summed E-state index contributed by atoms with van der Waals surface area (Å²) in [5.74, 6) is 0. The molecule has 3 aromatic rings. The fraction of sp³-hybridized carbons (Fsp3) is 0.308. The summed E-state index contributed by atoms with van der Waals surface area (Å²) < 4.78 is 40.1. The lowest BCUT2D eigenvalue weighted by atomic mass is 9.90. The number of aryl methyl sites for hydroxylation is 4. The first kappa shape index (κ1) is 22.9. The average Bonchev–Trinajstić information content (AvgIpc) is 2.67. The minimum atomic E-state index is -4.51. The molecule has 0 bridgehead atoms. The Morgan fingerprint density at radius 1 is 0.806 bits per heavy atom. The maximum atomic E-state index is 13.4. The first-order valence-corrected chi connectivity index (χ1v) is 10.4. The van der Waals surface area contributed by atoms with Gasteiger partial charge in [-0.25, -0.2) is 0 Å². The van der Waals surface area contributed by atoms with Crippen LogP contribution in [0.1, 0.15) is 46.7 Å². The van der Waals surface area contributed by atoms with Crippen LogP contribution in [0.4, 0.5) is 18.9 Å². The van der Waals surface area contributed by atoms with Gasteiger partial charge in [-0.15, -0.1) is 0 Å². The lowest BCUT2D eigenvalue weighted by Gasteiger charge is -2.31. The second kappa shape index (κ2) is 9.15. The van der Waals surface area contributed by atoms with Gasteiger partial charge in [0, 0.05) is 11.3 Å². The molecule has 164 valence electrons. The molecule has 1 atom stereocenters. The van der Waals surface area contributed by atoms with Gasteiger partial charge >= 0.3 is 6.18 Å². The van der Waals surface area contributed by atoms with Gasteiger partial charge in [-0.2, -0.15) is 13.2 Å². The Bertz CT molecular complexity index is 1000. The Labute approximate surface area is 181 Å². The Morgan fingerprint density at radius 3 is 1.97 bits per heavy atom. The first-order chi connectivity index (χ1) is 14.6. The highest BCUT2D eigenvalue weighted by Gasteiger charge is 2.36. The van der Waals surface area contributed by atoms with Crippen molar-refractivity contribution in [2.45, 2.75) is 51.9 Å². The van der Waals surface area contributed by atoms with Crippen LogP contribution in [0.2, 0.25) is 0 Å². The molecule has 0 fully saturated rings. The Hall–Kier alpha value is -2.79. The normalized spacial score (nSPS) is 13.6. The largest absolute Gasteiger partial charge is 0.418 e. The lowest BCUT2D eigenvalue weighted by molar-refractivity contribution is -0.137. The van der Waals surface area contributed by atoms with Gasteiger partial charge in [-0.1, -0.05) is 54.6 Å². The summed E-state index contributed by atoms with van der Waals surface area (Å²) in [6, 6.07) is 19.5. The van der Waals surface area contributed by atoms with Gasteiger partial charge in [0.1, 0.15) is 0 Å². The molecule has 1 unspecified atom stereocenters. The summed E-state index contributed by atoms with van der Waals surface area (Å²) >= 11 is 0. The molecule has 0 aliphatic carbocycles. The Balaban J connectivity index is 1.79. The van der Waals surface area contributed by atoms with E-state index in [1.807, 2.05) is 44.2 Å². The van der Waals surface area contributed by atoms with Gasteiger partial charge < -0.3 is 10.4 Å². The number of alkyl halides is 3. The maximum Gasteiger partial charge on any atom is 0.418 e. The van der Waals surface area contributed by atoms with E-state index in [2.05, 4.69) is 17.4 Å². The second-order valence-corrected chi connectivity index (χ2v) is 8.18. The van der Waals surface area contributed by atoms with E-state index in [9.17, 15) is 18.3 Å². The standard InChI is InChI=1S/C26H28F3NO/c1-18-16-21(13-9-12-20-10-5-4-6-11-20)17-19(2)24(18)25(3,31)30-23-15-8-7-14-22(23)26(27,28)29/h4-8,10-11,14-17,30-31H,9,12-13H2,1-3H3. The third-order valence-electron chi connectivity index (χ3n) is 5.46. The highest BCUT2D eigenvalue weighted by atomic mass is 19.4. The van der Waals surface area contributed by atoms with Crippen molar-refractivity contribution in [2.75, 3.05) is 5.32 Å². The van der Waals surface area contributed by atoms with Crippen LogP contribution >= 0.6 is 0 Å². The van der Waals surface area contributed by atoms with E-state index < -0.39 is 17.5 Å². The number of para-hydroxylation sites is 1. The van der Waals surface area contributed by atoms with Crippen LogP contribution in [0.15, 0.2) is 66.7 Å². The molecule has 0 saturated heterocycles. The van der Waals surface area contributed by atoms with E-state index in [-0.39, 0.29) is 5.69 Å². The Morgan fingerprint density at radius 2 is 1.35 bits per heavy atom. The summed E-state index contributed by atoms with van der Waals surface area (Å²) in [5, 5.41) is 13.8. The van der Waals surface area contributed by atoms with Crippen molar-refractivity contribution < 1.29 is 18.3 Å². The number of anilines is 1. The SMILES string of the molecule is Cc1cc(CCCc2ccccc2)cc(C)c1C(C)(O)Nc1ccccc1C(F)(F)F. The van der Waals surface area contributed by atoms with Crippen molar-refractivity contribution in [2.24, 2.45) is 0 Å². The molecule has 3 aromatic carbocycles. The molecule has 0 saturated carbocycles. The van der Waals surface area contributed by atoms with E-state index in [0.29, 0.717) is 5.56 Å². The molecule has 0 aliphatic heterocycles. The zero-order valence-electron chi connectivity index (χ0n) is 18.1. The number of hydrogen-bond acceptors (Lipinski definition) is 2. The van der Waals surface area contributed by atoms with Gasteiger partial charge in [0.2, 0.25) is 0 Å². The van der Waals surface area contributed by atoms with E-state index in [1.54, 1.807) is 0 Å². The van der Waals surface area contributed by atoms with E-state index in [0.717, 1.165) is 42.0 Å². The van der Waals surface area contributed by atoms with Crippen LogP contribution in [-0.2, 0) is 24.7 Å². The molecule has 0 radical (unpaired) electrons.